The molecule has 2 rings (SSSR count). The zero-order valence-electron chi connectivity index (χ0n) is 16.1. The van der Waals surface area contributed by atoms with Gasteiger partial charge in [-0.2, -0.15) is 0 Å². The average molecular weight is 428 g/mol. The van der Waals surface area contributed by atoms with Crippen LogP contribution < -0.4 is 9.47 Å². The van der Waals surface area contributed by atoms with Gasteiger partial charge in [-0.1, -0.05) is 18.5 Å². The van der Waals surface area contributed by atoms with Gasteiger partial charge in [0.1, 0.15) is 6.54 Å². The molecule has 1 aliphatic rings. The Bertz CT molecular complexity index is 810. The maximum Gasteiger partial charge on any atom is 0.326 e. The van der Waals surface area contributed by atoms with Gasteiger partial charge >= 0.3 is 5.97 Å². The van der Waals surface area contributed by atoms with Gasteiger partial charge in [-0.15, -0.1) is 0 Å². The Morgan fingerprint density at radius 3 is 2.64 bits per heavy atom. The number of imide groups is 1. The lowest BCUT2D eigenvalue weighted by atomic mass is 10.1. The lowest BCUT2D eigenvalue weighted by molar-refractivity contribution is -0.145. The minimum atomic E-state index is -0.637. The van der Waals surface area contributed by atoms with E-state index < -0.39 is 23.7 Å². The largest absolute Gasteiger partial charge is 0.493 e. The molecule has 28 heavy (non-hydrogen) atoms. The fourth-order valence-electron chi connectivity index (χ4n) is 2.35. The van der Waals surface area contributed by atoms with Crippen molar-refractivity contribution in [1.29, 1.82) is 0 Å². The van der Waals surface area contributed by atoms with Crippen molar-refractivity contribution < 1.29 is 28.6 Å². The Balaban J connectivity index is 2.27. The highest BCUT2D eigenvalue weighted by Crippen LogP contribution is 2.39. The summed E-state index contributed by atoms with van der Waals surface area (Å²) in [5.41, 5.74) is 0.569. The molecular formula is C19H22ClNO6S. The summed E-state index contributed by atoms with van der Waals surface area (Å²) in [7, 11) is 1.49. The van der Waals surface area contributed by atoms with Gasteiger partial charge in [0, 0.05) is 0 Å². The first-order valence-electron chi connectivity index (χ1n) is 8.75. The first-order chi connectivity index (χ1) is 13.3. The summed E-state index contributed by atoms with van der Waals surface area (Å²) >= 11 is 7.08. The minimum Gasteiger partial charge on any atom is -0.493 e. The van der Waals surface area contributed by atoms with E-state index in [9.17, 15) is 14.4 Å². The van der Waals surface area contributed by atoms with Gasteiger partial charge in [-0.25, -0.2) is 0 Å². The highest BCUT2D eigenvalue weighted by molar-refractivity contribution is 8.18. The van der Waals surface area contributed by atoms with Gasteiger partial charge in [0.2, 0.25) is 0 Å². The molecule has 1 atom stereocenters. The number of hydrogen-bond donors (Lipinski definition) is 0. The maximum atomic E-state index is 12.5. The molecule has 2 amide bonds. The van der Waals surface area contributed by atoms with Gasteiger partial charge in [-0.3, -0.25) is 19.3 Å². The number of methoxy groups -OCH3 is 1. The fourth-order valence-corrected chi connectivity index (χ4v) is 3.45. The van der Waals surface area contributed by atoms with Crippen LogP contribution in [-0.2, 0) is 14.3 Å². The van der Waals surface area contributed by atoms with E-state index >= 15 is 0 Å². The van der Waals surface area contributed by atoms with Crippen LogP contribution in [0, 0.1) is 0 Å². The van der Waals surface area contributed by atoms with Crippen molar-refractivity contribution in [2.24, 2.45) is 0 Å². The third-order valence-electron chi connectivity index (χ3n) is 3.91. The predicted octanol–water partition coefficient (Wildman–Crippen LogP) is 4.13. The quantitative estimate of drug-likeness (QED) is 0.455. The number of carbonyl (C=O) groups is 3. The van der Waals surface area contributed by atoms with E-state index in [2.05, 4.69) is 0 Å². The van der Waals surface area contributed by atoms with Crippen molar-refractivity contribution in [1.82, 2.24) is 4.90 Å². The number of ether oxygens (including phenoxy) is 3. The molecule has 0 spiro atoms. The fraction of sp³-hybridized carbons (Fsp3) is 0.421. The molecule has 0 saturated carbocycles. The Labute approximate surface area is 172 Å². The minimum absolute atomic E-state index is 0.0448. The Morgan fingerprint density at radius 2 is 2.04 bits per heavy atom. The summed E-state index contributed by atoms with van der Waals surface area (Å²) < 4.78 is 15.9. The third-order valence-corrected chi connectivity index (χ3v) is 5.10. The van der Waals surface area contributed by atoms with Crippen LogP contribution in [-0.4, -0.2) is 48.4 Å². The second kappa shape index (κ2) is 9.84. The number of benzene rings is 1. The average Bonchev–Trinajstić information content (AvgIpc) is 2.91. The number of hydrogen-bond acceptors (Lipinski definition) is 7. The monoisotopic (exact) mass is 427 g/mol. The Hall–Kier alpha value is -2.19. The summed E-state index contributed by atoms with van der Waals surface area (Å²) in [5.74, 6) is -0.351. The van der Waals surface area contributed by atoms with E-state index in [1.807, 2.05) is 13.8 Å². The molecule has 1 aromatic carbocycles. The van der Waals surface area contributed by atoms with Crippen molar-refractivity contribution in [2.45, 2.75) is 33.3 Å². The summed E-state index contributed by atoms with van der Waals surface area (Å²) in [6, 6.07) is 3.30. The van der Waals surface area contributed by atoms with E-state index in [4.69, 9.17) is 25.8 Å². The topological polar surface area (TPSA) is 82.1 Å². The van der Waals surface area contributed by atoms with E-state index in [-0.39, 0.29) is 17.6 Å². The van der Waals surface area contributed by atoms with Gasteiger partial charge in [0.15, 0.2) is 11.5 Å². The summed E-state index contributed by atoms with van der Waals surface area (Å²) in [6.45, 7) is 5.32. The highest BCUT2D eigenvalue weighted by atomic mass is 35.5. The molecule has 0 aromatic heterocycles. The molecule has 1 fully saturated rings. The SMILES string of the molecule is CCOC(=O)CN1C(=O)SC(=Cc2cc(Cl)c(OC(C)CC)c(OC)c2)C1=O. The number of amides is 2. The molecule has 1 aliphatic heterocycles. The van der Waals surface area contributed by atoms with Gasteiger partial charge in [0.25, 0.3) is 11.1 Å². The van der Waals surface area contributed by atoms with Crippen LogP contribution in [0.1, 0.15) is 32.8 Å². The van der Waals surface area contributed by atoms with Crippen molar-refractivity contribution in [3.8, 4) is 11.5 Å². The van der Waals surface area contributed by atoms with Crippen molar-refractivity contribution in [3.63, 3.8) is 0 Å². The summed E-state index contributed by atoms with van der Waals surface area (Å²) in [6.07, 6.45) is 2.28. The molecule has 0 aliphatic carbocycles. The van der Waals surface area contributed by atoms with Crippen molar-refractivity contribution in [2.75, 3.05) is 20.3 Å². The number of nitrogens with zero attached hydrogens (tertiary/aromatic N) is 1. The zero-order valence-corrected chi connectivity index (χ0v) is 17.7. The smallest absolute Gasteiger partial charge is 0.326 e. The lowest BCUT2D eigenvalue weighted by Gasteiger charge is -2.17. The Kier molecular flexibility index (Phi) is 7.77. The van der Waals surface area contributed by atoms with Crippen molar-refractivity contribution >= 4 is 46.6 Å². The van der Waals surface area contributed by atoms with Crippen LogP contribution >= 0.6 is 23.4 Å². The third kappa shape index (κ3) is 5.20. The molecule has 7 nitrogen and oxygen atoms in total. The highest BCUT2D eigenvalue weighted by Gasteiger charge is 2.36. The molecule has 1 saturated heterocycles. The molecule has 0 N–H and O–H groups in total. The molecule has 1 aromatic rings. The molecular weight excluding hydrogens is 406 g/mol. The molecule has 1 heterocycles. The molecule has 0 bridgehead atoms. The molecule has 9 heteroatoms. The predicted molar refractivity (Wildman–Crippen MR) is 108 cm³/mol. The van der Waals surface area contributed by atoms with E-state index in [1.165, 1.54) is 13.2 Å². The van der Waals surface area contributed by atoms with Crippen LogP contribution in [0.15, 0.2) is 17.0 Å². The van der Waals surface area contributed by atoms with E-state index in [0.717, 1.165) is 23.1 Å². The first-order valence-corrected chi connectivity index (χ1v) is 9.95. The van der Waals surface area contributed by atoms with Crippen molar-refractivity contribution in [3.05, 3.63) is 27.6 Å². The molecule has 0 radical (unpaired) electrons. The Morgan fingerprint density at radius 1 is 1.32 bits per heavy atom. The second-order valence-corrected chi connectivity index (χ2v) is 7.34. The summed E-state index contributed by atoms with van der Waals surface area (Å²) in [5, 5.41) is -0.198. The van der Waals surface area contributed by atoms with Crippen LogP contribution in [0.4, 0.5) is 4.79 Å². The number of carbonyl (C=O) groups excluding carboxylic acids is 3. The maximum absolute atomic E-state index is 12.5. The van der Waals surface area contributed by atoms with Crippen LogP contribution in [0.3, 0.4) is 0 Å². The number of esters is 1. The van der Waals surface area contributed by atoms with Crippen LogP contribution in [0.2, 0.25) is 5.02 Å². The normalized spacial score (nSPS) is 16.5. The van der Waals surface area contributed by atoms with Crippen LogP contribution in [0.5, 0.6) is 11.5 Å². The first kappa shape index (κ1) is 22.1. The number of rotatable bonds is 8. The summed E-state index contributed by atoms with van der Waals surface area (Å²) in [4.78, 5) is 37.2. The standard InChI is InChI=1S/C19H22ClNO6S/c1-5-11(3)27-17-13(20)7-12(8-14(17)25-4)9-15-18(23)21(19(24)28-15)10-16(22)26-6-2/h7-9,11H,5-6,10H2,1-4H3. The zero-order chi connectivity index (χ0) is 20.8. The van der Waals surface area contributed by atoms with Gasteiger partial charge < -0.3 is 14.2 Å². The van der Waals surface area contributed by atoms with Gasteiger partial charge in [0.05, 0.1) is 29.7 Å². The van der Waals surface area contributed by atoms with Crippen LogP contribution in [0.25, 0.3) is 6.08 Å². The number of thioether (sulfide) groups is 1. The molecule has 152 valence electrons. The molecule has 1 unspecified atom stereocenters. The lowest BCUT2D eigenvalue weighted by Crippen LogP contribution is -2.34. The van der Waals surface area contributed by atoms with E-state index in [1.54, 1.807) is 19.1 Å². The van der Waals surface area contributed by atoms with Gasteiger partial charge in [-0.05, 0) is 55.8 Å². The second-order valence-electron chi connectivity index (χ2n) is 5.94. The van der Waals surface area contributed by atoms with E-state index in [0.29, 0.717) is 22.1 Å². The number of halogens is 1.